The lowest BCUT2D eigenvalue weighted by Crippen LogP contribution is -2.05. The zero-order valence-corrected chi connectivity index (χ0v) is 22.8. The van der Waals surface area contributed by atoms with Crippen molar-refractivity contribution in [3.8, 4) is 11.5 Å². The number of ether oxygens (including phenoxy) is 2. The van der Waals surface area contributed by atoms with Crippen LogP contribution >= 0.6 is 31.9 Å². The number of oxime groups is 1. The van der Waals surface area contributed by atoms with E-state index in [0.29, 0.717) is 13.2 Å². The van der Waals surface area contributed by atoms with Gasteiger partial charge in [0, 0.05) is 0 Å². The smallest absolute Gasteiger partial charge is 0.125 e. The van der Waals surface area contributed by atoms with E-state index in [0.717, 1.165) is 65.7 Å². The van der Waals surface area contributed by atoms with Gasteiger partial charge < -0.3 is 14.3 Å². The lowest BCUT2D eigenvalue weighted by Gasteiger charge is -2.18. The Labute approximate surface area is 206 Å². The third kappa shape index (κ3) is 13.2. The Balaban J connectivity index is 2.56. The summed E-state index contributed by atoms with van der Waals surface area (Å²) in [5.41, 5.74) is 3.48. The molecular weight excluding hydrogens is 522 g/mol. The van der Waals surface area contributed by atoms with Gasteiger partial charge in [-0.1, -0.05) is 44.7 Å². The molecule has 0 atom stereocenters. The van der Waals surface area contributed by atoms with Crippen molar-refractivity contribution in [3.05, 3.63) is 32.7 Å². The first-order chi connectivity index (χ1) is 15.0. The van der Waals surface area contributed by atoms with Gasteiger partial charge in [-0.15, -0.1) is 0 Å². The Hall–Kier alpha value is -1.01. The second kappa shape index (κ2) is 17.5. The lowest BCUT2D eigenvalue weighted by molar-refractivity contribution is 0.139. The van der Waals surface area contributed by atoms with Gasteiger partial charge in [0.25, 0.3) is 0 Å². The number of nitrogens with zero attached hydrogens (tertiary/aromatic N) is 1. The van der Waals surface area contributed by atoms with Gasteiger partial charge >= 0.3 is 0 Å². The van der Waals surface area contributed by atoms with Gasteiger partial charge in [0.2, 0.25) is 0 Å². The molecule has 0 heterocycles. The van der Waals surface area contributed by atoms with E-state index in [-0.39, 0.29) is 0 Å². The van der Waals surface area contributed by atoms with Crippen LogP contribution in [0.4, 0.5) is 0 Å². The number of unbranched alkanes of at least 4 members (excludes halogenated alkanes) is 4. The maximum atomic E-state index is 6.32. The Morgan fingerprint density at radius 2 is 1.45 bits per heavy atom. The first-order valence-corrected chi connectivity index (χ1v) is 13.1. The second-order valence-corrected chi connectivity index (χ2v) is 10.6. The molecule has 0 aliphatic rings. The first kappa shape index (κ1) is 28.0. The molecule has 176 valence electrons. The quantitative estimate of drug-likeness (QED) is 0.109. The van der Waals surface area contributed by atoms with Crippen molar-refractivity contribution >= 4 is 37.6 Å². The predicted molar refractivity (Wildman–Crippen MR) is 139 cm³/mol. The zero-order chi connectivity index (χ0) is 22.9. The molecule has 0 spiro atoms. The van der Waals surface area contributed by atoms with E-state index in [1.807, 2.05) is 19.9 Å². The molecule has 0 fully saturated rings. The Morgan fingerprint density at radius 3 is 2.00 bits per heavy atom. The highest BCUT2D eigenvalue weighted by Gasteiger charge is 2.13. The molecule has 1 rings (SSSR count). The Morgan fingerprint density at radius 1 is 0.871 bits per heavy atom. The summed E-state index contributed by atoms with van der Waals surface area (Å²) in [6, 6.07) is 4.29. The molecule has 31 heavy (non-hydrogen) atoms. The molecule has 0 saturated carbocycles. The normalized spacial score (nSPS) is 10.5. The van der Waals surface area contributed by atoms with Crippen LogP contribution in [0.25, 0.3) is 0 Å². The summed E-state index contributed by atoms with van der Waals surface area (Å²) in [6.07, 6.45) is 11.8. The molecule has 1 aromatic rings. The maximum Gasteiger partial charge on any atom is 0.125 e. The molecular formula is C25H39Br2NO3. The van der Waals surface area contributed by atoms with Gasteiger partial charge in [-0.05, 0) is 107 Å². The van der Waals surface area contributed by atoms with Crippen LogP contribution in [0.5, 0.6) is 11.5 Å². The summed E-state index contributed by atoms with van der Waals surface area (Å²) in [5, 5.41) is 3.96. The van der Waals surface area contributed by atoms with Crippen LogP contribution < -0.4 is 9.47 Å². The second-order valence-electron chi connectivity index (χ2n) is 7.86. The molecule has 0 saturated heterocycles. The van der Waals surface area contributed by atoms with Gasteiger partial charge in [-0.2, -0.15) is 0 Å². The SMILES string of the molecule is CCCc1cc(OCC=C(Br)Br)cc(CCC)c1OCCCCCCCON=C(C)C. The third-order valence-electron chi connectivity index (χ3n) is 4.62. The van der Waals surface area contributed by atoms with E-state index in [9.17, 15) is 0 Å². The van der Waals surface area contributed by atoms with E-state index in [4.69, 9.17) is 14.3 Å². The van der Waals surface area contributed by atoms with Crippen LogP contribution in [0.1, 0.15) is 83.8 Å². The van der Waals surface area contributed by atoms with E-state index >= 15 is 0 Å². The van der Waals surface area contributed by atoms with Crippen LogP contribution in [-0.2, 0) is 17.7 Å². The summed E-state index contributed by atoms with van der Waals surface area (Å²) in [7, 11) is 0. The molecule has 0 bridgehead atoms. The molecule has 0 aromatic heterocycles. The van der Waals surface area contributed by atoms with E-state index < -0.39 is 0 Å². The zero-order valence-electron chi connectivity index (χ0n) is 19.6. The Kier molecular flexibility index (Phi) is 15.9. The van der Waals surface area contributed by atoms with Gasteiger partial charge in [0.05, 0.1) is 15.7 Å². The average molecular weight is 561 g/mol. The van der Waals surface area contributed by atoms with E-state index in [2.05, 4.69) is 63.0 Å². The van der Waals surface area contributed by atoms with Crippen LogP contribution in [-0.4, -0.2) is 25.5 Å². The minimum absolute atomic E-state index is 0.526. The number of halogens is 2. The van der Waals surface area contributed by atoms with Gasteiger partial charge in [0.15, 0.2) is 0 Å². The van der Waals surface area contributed by atoms with E-state index in [1.165, 1.54) is 30.4 Å². The summed E-state index contributed by atoms with van der Waals surface area (Å²) >= 11 is 6.74. The fraction of sp³-hybridized carbons (Fsp3) is 0.640. The van der Waals surface area contributed by atoms with Crippen LogP contribution in [0.3, 0.4) is 0 Å². The van der Waals surface area contributed by atoms with Crippen LogP contribution in [0.15, 0.2) is 26.8 Å². The highest BCUT2D eigenvalue weighted by atomic mass is 79.9. The summed E-state index contributed by atoms with van der Waals surface area (Å²) in [4.78, 5) is 5.24. The van der Waals surface area contributed by atoms with Crippen molar-refractivity contribution < 1.29 is 14.3 Å². The fourth-order valence-electron chi connectivity index (χ4n) is 3.25. The molecule has 0 radical (unpaired) electrons. The average Bonchev–Trinajstić information content (AvgIpc) is 2.71. The molecule has 0 aliphatic carbocycles. The monoisotopic (exact) mass is 559 g/mol. The van der Waals surface area contributed by atoms with Gasteiger partial charge in [0.1, 0.15) is 24.7 Å². The van der Waals surface area contributed by atoms with E-state index in [1.54, 1.807) is 0 Å². The third-order valence-corrected chi connectivity index (χ3v) is 5.26. The largest absolute Gasteiger partial charge is 0.493 e. The number of rotatable bonds is 17. The highest BCUT2D eigenvalue weighted by molar-refractivity contribution is 9.28. The summed E-state index contributed by atoms with van der Waals surface area (Å²) in [5.74, 6) is 2.00. The van der Waals surface area contributed by atoms with Gasteiger partial charge in [-0.3, -0.25) is 0 Å². The van der Waals surface area contributed by atoms with Gasteiger partial charge in [-0.25, -0.2) is 0 Å². The first-order valence-electron chi connectivity index (χ1n) is 11.5. The topological polar surface area (TPSA) is 40.0 Å². The Bertz CT molecular complexity index is 654. The maximum absolute atomic E-state index is 6.32. The predicted octanol–water partition coefficient (Wildman–Crippen LogP) is 8.34. The highest BCUT2D eigenvalue weighted by Crippen LogP contribution is 2.32. The molecule has 0 amide bonds. The van der Waals surface area contributed by atoms with Crippen molar-refractivity contribution in [2.45, 2.75) is 85.5 Å². The number of hydrogen-bond donors (Lipinski definition) is 0. The molecule has 0 N–H and O–H groups in total. The van der Waals surface area contributed by atoms with Crippen molar-refractivity contribution in [3.63, 3.8) is 0 Å². The summed E-state index contributed by atoms with van der Waals surface area (Å²) in [6.45, 7) is 10.3. The lowest BCUT2D eigenvalue weighted by atomic mass is 10.0. The minimum Gasteiger partial charge on any atom is -0.493 e. The molecule has 0 aliphatic heterocycles. The van der Waals surface area contributed by atoms with Crippen molar-refractivity contribution in [2.24, 2.45) is 5.16 Å². The van der Waals surface area contributed by atoms with Crippen molar-refractivity contribution in [1.82, 2.24) is 0 Å². The van der Waals surface area contributed by atoms with Crippen LogP contribution in [0.2, 0.25) is 0 Å². The number of benzene rings is 1. The minimum atomic E-state index is 0.526. The summed E-state index contributed by atoms with van der Waals surface area (Å²) < 4.78 is 13.2. The molecule has 1 aromatic carbocycles. The molecule has 0 unspecified atom stereocenters. The molecule has 4 nitrogen and oxygen atoms in total. The molecule has 6 heteroatoms. The fourth-order valence-corrected chi connectivity index (χ4v) is 3.51. The van der Waals surface area contributed by atoms with Crippen molar-refractivity contribution in [2.75, 3.05) is 19.8 Å². The van der Waals surface area contributed by atoms with Crippen molar-refractivity contribution in [1.29, 1.82) is 0 Å². The number of hydrogen-bond acceptors (Lipinski definition) is 4. The number of aryl methyl sites for hydroxylation is 2. The van der Waals surface area contributed by atoms with Crippen LogP contribution in [0, 0.1) is 0 Å². The standard InChI is InChI=1S/C25H39Br2NO3/c1-5-12-21-18-23(29-17-14-24(26)27)19-22(13-6-2)25(21)30-15-10-8-7-9-11-16-31-28-20(3)4/h14,18-19H,5-13,15-17H2,1-4H3.